The fourth-order valence-electron chi connectivity index (χ4n) is 2.57. The third kappa shape index (κ3) is 2.27. The average molecular weight is 419 g/mol. The van der Waals surface area contributed by atoms with Gasteiger partial charge in [0.1, 0.15) is 5.82 Å². The summed E-state index contributed by atoms with van der Waals surface area (Å²) in [5.74, 6) is -5.19. The van der Waals surface area contributed by atoms with Gasteiger partial charge in [0, 0.05) is 27.6 Å². The van der Waals surface area contributed by atoms with Gasteiger partial charge in [-0.3, -0.25) is 9.59 Å². The van der Waals surface area contributed by atoms with Crippen LogP contribution in [0.15, 0.2) is 24.4 Å². The quantitative estimate of drug-likeness (QED) is 0.549. The van der Waals surface area contributed by atoms with Crippen LogP contribution >= 0.6 is 22.6 Å². The third-order valence-electron chi connectivity index (χ3n) is 3.68. The molecule has 7 heteroatoms. The molecule has 0 fully saturated rings. The first kappa shape index (κ1) is 15.3. The van der Waals surface area contributed by atoms with Gasteiger partial charge in [-0.15, -0.1) is 0 Å². The first-order chi connectivity index (χ1) is 10.3. The molecule has 1 aromatic heterocycles. The number of alkyl halides is 2. The fraction of sp³-hybridized carbons (Fsp3) is 0.200. The third-order valence-corrected chi connectivity index (χ3v) is 4.50. The second-order valence-corrected chi connectivity index (χ2v) is 6.19. The standard InChI is InChI=1S/C15H9F3INO2/c16-10-2-1-9(5-8(10)7-21)20-6-11(19)13-12(20)3-4-15(17,18)14(13)22/h1-2,5-7H,3-4H2. The maximum Gasteiger partial charge on any atom is 0.310 e. The Kier molecular flexibility index (Phi) is 3.62. The summed E-state index contributed by atoms with van der Waals surface area (Å²) in [7, 11) is 0. The van der Waals surface area contributed by atoms with Crippen LogP contribution in [0.25, 0.3) is 5.69 Å². The van der Waals surface area contributed by atoms with Crippen LogP contribution in [0, 0.1) is 9.39 Å². The Bertz CT molecular complexity index is 798. The lowest BCUT2D eigenvalue weighted by molar-refractivity contribution is 0.00165. The number of aromatic nitrogens is 1. The Balaban J connectivity index is 2.18. The highest BCUT2D eigenvalue weighted by molar-refractivity contribution is 14.1. The first-order valence-corrected chi connectivity index (χ1v) is 7.50. The van der Waals surface area contributed by atoms with E-state index in [0.29, 0.717) is 21.2 Å². The molecular weight excluding hydrogens is 410 g/mol. The number of aldehydes is 1. The van der Waals surface area contributed by atoms with E-state index in [9.17, 15) is 22.8 Å². The number of nitrogens with zero attached hydrogens (tertiary/aromatic N) is 1. The molecule has 0 atom stereocenters. The van der Waals surface area contributed by atoms with E-state index >= 15 is 0 Å². The van der Waals surface area contributed by atoms with Crippen LogP contribution in [0.5, 0.6) is 0 Å². The Labute approximate surface area is 137 Å². The van der Waals surface area contributed by atoms with Crippen molar-refractivity contribution in [2.24, 2.45) is 0 Å². The van der Waals surface area contributed by atoms with Gasteiger partial charge in [0.25, 0.3) is 0 Å². The molecule has 1 aromatic carbocycles. The van der Waals surface area contributed by atoms with Crippen molar-refractivity contribution in [2.45, 2.75) is 18.8 Å². The molecule has 0 saturated carbocycles. The highest BCUT2D eigenvalue weighted by Crippen LogP contribution is 2.37. The lowest BCUT2D eigenvalue weighted by Crippen LogP contribution is -2.34. The molecular formula is C15H9F3INO2. The van der Waals surface area contributed by atoms with Gasteiger partial charge in [0.05, 0.1) is 11.1 Å². The molecule has 0 radical (unpaired) electrons. The van der Waals surface area contributed by atoms with Gasteiger partial charge in [-0.2, -0.15) is 8.78 Å². The van der Waals surface area contributed by atoms with E-state index in [2.05, 4.69) is 0 Å². The van der Waals surface area contributed by atoms with Crippen molar-refractivity contribution < 1.29 is 22.8 Å². The van der Waals surface area contributed by atoms with E-state index in [1.807, 2.05) is 22.6 Å². The lowest BCUT2D eigenvalue weighted by Gasteiger charge is -2.22. The summed E-state index contributed by atoms with van der Waals surface area (Å²) < 4.78 is 42.5. The van der Waals surface area contributed by atoms with Gasteiger partial charge in [-0.1, -0.05) is 0 Å². The number of carbonyl (C=O) groups is 2. The van der Waals surface area contributed by atoms with Crippen molar-refractivity contribution in [3.05, 3.63) is 50.6 Å². The fourth-order valence-corrected chi connectivity index (χ4v) is 3.41. The van der Waals surface area contributed by atoms with Gasteiger partial charge in [0.15, 0.2) is 6.29 Å². The van der Waals surface area contributed by atoms with Crippen LogP contribution in [0.4, 0.5) is 13.2 Å². The molecule has 1 aliphatic carbocycles. The van der Waals surface area contributed by atoms with Gasteiger partial charge in [-0.25, -0.2) is 4.39 Å². The van der Waals surface area contributed by atoms with E-state index in [0.717, 1.165) is 6.07 Å². The van der Waals surface area contributed by atoms with Crippen LogP contribution in [-0.4, -0.2) is 22.6 Å². The number of halogens is 4. The molecule has 0 saturated heterocycles. The molecule has 114 valence electrons. The Morgan fingerprint density at radius 3 is 2.73 bits per heavy atom. The monoisotopic (exact) mass is 419 g/mol. The van der Waals surface area contributed by atoms with Crippen molar-refractivity contribution in [2.75, 3.05) is 0 Å². The van der Waals surface area contributed by atoms with Crippen LogP contribution in [0.2, 0.25) is 0 Å². The number of benzene rings is 1. The SMILES string of the molecule is O=Cc1cc(-n2cc(I)c3c2CCC(F)(F)C3=O)ccc1F. The van der Waals surface area contributed by atoms with Crippen molar-refractivity contribution in [1.29, 1.82) is 0 Å². The summed E-state index contributed by atoms with van der Waals surface area (Å²) in [4.78, 5) is 22.7. The second-order valence-electron chi connectivity index (χ2n) is 5.03. The highest BCUT2D eigenvalue weighted by atomic mass is 127. The zero-order valence-electron chi connectivity index (χ0n) is 11.1. The highest BCUT2D eigenvalue weighted by Gasteiger charge is 2.45. The van der Waals surface area contributed by atoms with Gasteiger partial charge in [0.2, 0.25) is 5.78 Å². The summed E-state index contributed by atoms with van der Waals surface area (Å²) >= 11 is 1.83. The first-order valence-electron chi connectivity index (χ1n) is 6.42. The summed E-state index contributed by atoms with van der Waals surface area (Å²) in [6.45, 7) is 0. The topological polar surface area (TPSA) is 39.1 Å². The predicted molar refractivity (Wildman–Crippen MR) is 81.4 cm³/mol. The van der Waals surface area contributed by atoms with Gasteiger partial charge in [-0.05, 0) is 47.2 Å². The molecule has 0 N–H and O–H groups in total. The zero-order chi connectivity index (χ0) is 16.1. The van der Waals surface area contributed by atoms with Gasteiger partial charge >= 0.3 is 5.92 Å². The largest absolute Gasteiger partial charge is 0.319 e. The van der Waals surface area contributed by atoms with E-state index in [1.54, 1.807) is 10.8 Å². The van der Waals surface area contributed by atoms with Crippen molar-refractivity contribution in [1.82, 2.24) is 4.57 Å². The molecule has 1 heterocycles. The number of hydrogen-bond acceptors (Lipinski definition) is 2. The summed E-state index contributed by atoms with van der Waals surface area (Å²) in [6.07, 6.45) is 1.41. The normalized spacial score (nSPS) is 16.5. The number of carbonyl (C=O) groups excluding carboxylic acids is 2. The smallest absolute Gasteiger partial charge is 0.310 e. The van der Waals surface area contributed by atoms with Crippen LogP contribution in [-0.2, 0) is 6.42 Å². The van der Waals surface area contributed by atoms with E-state index in [1.165, 1.54) is 12.1 Å². The lowest BCUT2D eigenvalue weighted by atomic mass is 9.93. The molecule has 2 aromatic rings. The maximum absolute atomic E-state index is 13.6. The summed E-state index contributed by atoms with van der Waals surface area (Å²) in [5, 5.41) is 0. The minimum atomic E-state index is -3.35. The molecule has 0 unspecified atom stereocenters. The van der Waals surface area contributed by atoms with Crippen molar-refractivity contribution in [3.63, 3.8) is 0 Å². The Morgan fingerprint density at radius 2 is 2.05 bits per heavy atom. The van der Waals surface area contributed by atoms with Crippen molar-refractivity contribution >= 4 is 34.7 Å². The molecule has 0 amide bonds. The second kappa shape index (κ2) is 5.22. The number of ketones is 1. The summed E-state index contributed by atoms with van der Waals surface area (Å²) in [5.41, 5.74) is 0.806. The average Bonchev–Trinajstić information content (AvgIpc) is 2.81. The number of hydrogen-bond donors (Lipinski definition) is 0. The molecule has 3 nitrogen and oxygen atoms in total. The number of Topliss-reactive ketones (excluding diaryl/α,β-unsaturated/α-hetero) is 1. The van der Waals surface area contributed by atoms with E-state index in [-0.39, 0.29) is 17.5 Å². The van der Waals surface area contributed by atoms with E-state index < -0.39 is 23.9 Å². The molecule has 0 bridgehead atoms. The van der Waals surface area contributed by atoms with E-state index in [4.69, 9.17) is 0 Å². The molecule has 0 aliphatic heterocycles. The zero-order valence-corrected chi connectivity index (χ0v) is 13.2. The Hall–Kier alpha value is -1.64. The number of fused-ring (bicyclic) bond motifs is 1. The summed E-state index contributed by atoms with van der Waals surface area (Å²) in [6, 6.07) is 3.91. The van der Waals surface area contributed by atoms with Crippen LogP contribution < -0.4 is 0 Å². The van der Waals surface area contributed by atoms with Gasteiger partial charge < -0.3 is 4.57 Å². The Morgan fingerprint density at radius 1 is 1.32 bits per heavy atom. The molecule has 0 spiro atoms. The molecule has 22 heavy (non-hydrogen) atoms. The maximum atomic E-state index is 13.6. The van der Waals surface area contributed by atoms with Crippen LogP contribution in [0.3, 0.4) is 0 Å². The molecule has 1 aliphatic rings. The van der Waals surface area contributed by atoms with Crippen molar-refractivity contribution in [3.8, 4) is 5.69 Å². The van der Waals surface area contributed by atoms with Crippen LogP contribution in [0.1, 0.15) is 32.8 Å². The minimum absolute atomic E-state index is 0.00817. The molecule has 3 rings (SSSR count). The minimum Gasteiger partial charge on any atom is -0.319 e. The number of rotatable bonds is 2. The predicted octanol–water partition coefficient (Wildman–Crippen LogP) is 3.80.